The van der Waals surface area contributed by atoms with Gasteiger partial charge in [-0.25, -0.2) is 0 Å². The van der Waals surface area contributed by atoms with Crippen molar-refractivity contribution in [3.8, 4) is 0 Å². The number of fused-ring (bicyclic) bond motifs is 1. The number of rotatable bonds is 4. The maximum atomic E-state index is 12.6. The second-order valence-corrected chi connectivity index (χ2v) is 4.67. The number of allylic oxidation sites excluding steroid dienone is 1. The zero-order valence-electron chi connectivity index (χ0n) is 11.1. The maximum absolute atomic E-state index is 12.6. The lowest BCUT2D eigenvalue weighted by Gasteiger charge is -2.31. The largest absolute Gasteiger partial charge is 0.366 e. The van der Waals surface area contributed by atoms with Crippen LogP contribution in [0.4, 0.5) is 0 Å². The third kappa shape index (κ3) is 2.42. The van der Waals surface area contributed by atoms with Crippen LogP contribution in [-0.2, 0) is 9.53 Å². The number of ketones is 1. The molecule has 3 nitrogen and oxygen atoms in total. The van der Waals surface area contributed by atoms with Crippen LogP contribution in [0.2, 0.25) is 0 Å². The van der Waals surface area contributed by atoms with Gasteiger partial charge in [-0.1, -0.05) is 35.9 Å². The van der Waals surface area contributed by atoms with Crippen molar-refractivity contribution in [1.82, 2.24) is 0 Å². The molecule has 1 aromatic carbocycles. The standard InChI is InChI=1S/C16H16O3/c1-12(8-10-17)11-16(19-2)9-7-13-5-3-4-6-14(13)15(16)18/h3-10H,11H2,1-2H3/b12-8-. The van der Waals surface area contributed by atoms with Crippen molar-refractivity contribution in [3.05, 3.63) is 53.1 Å². The summed E-state index contributed by atoms with van der Waals surface area (Å²) in [6.07, 6.45) is 6.24. The normalized spacial score (nSPS) is 22.2. The molecule has 98 valence electrons. The zero-order chi connectivity index (χ0) is 13.9. The lowest BCUT2D eigenvalue weighted by atomic mass is 9.80. The Morgan fingerprint density at radius 2 is 2.11 bits per heavy atom. The van der Waals surface area contributed by atoms with Crippen molar-refractivity contribution in [1.29, 1.82) is 0 Å². The average Bonchev–Trinajstić information content (AvgIpc) is 2.43. The smallest absolute Gasteiger partial charge is 0.199 e. The topological polar surface area (TPSA) is 43.4 Å². The third-order valence-corrected chi connectivity index (χ3v) is 3.38. The Kier molecular flexibility index (Phi) is 3.76. The van der Waals surface area contributed by atoms with Crippen molar-refractivity contribution >= 4 is 18.1 Å². The summed E-state index contributed by atoms with van der Waals surface area (Å²) in [5, 5.41) is 0. The van der Waals surface area contributed by atoms with Crippen LogP contribution in [0, 0.1) is 0 Å². The average molecular weight is 256 g/mol. The Morgan fingerprint density at radius 3 is 2.79 bits per heavy atom. The van der Waals surface area contributed by atoms with Gasteiger partial charge >= 0.3 is 0 Å². The Bertz CT molecular complexity index is 569. The van der Waals surface area contributed by atoms with Crippen LogP contribution in [0.1, 0.15) is 29.3 Å². The van der Waals surface area contributed by atoms with E-state index in [0.29, 0.717) is 12.0 Å². The van der Waals surface area contributed by atoms with Gasteiger partial charge in [0.2, 0.25) is 0 Å². The predicted molar refractivity (Wildman–Crippen MR) is 74.0 cm³/mol. The highest BCUT2D eigenvalue weighted by molar-refractivity contribution is 6.09. The minimum atomic E-state index is -1.00. The molecule has 1 aliphatic rings. The number of aldehydes is 1. The van der Waals surface area contributed by atoms with E-state index in [-0.39, 0.29) is 5.78 Å². The van der Waals surface area contributed by atoms with Crippen molar-refractivity contribution < 1.29 is 14.3 Å². The molecule has 1 aliphatic carbocycles. The number of Topliss-reactive ketones (excluding diaryl/α,β-unsaturated/α-hetero) is 1. The van der Waals surface area contributed by atoms with E-state index in [1.807, 2.05) is 31.2 Å². The zero-order valence-corrected chi connectivity index (χ0v) is 11.1. The van der Waals surface area contributed by atoms with Gasteiger partial charge < -0.3 is 4.74 Å². The fraction of sp³-hybridized carbons (Fsp3) is 0.250. The molecule has 0 saturated heterocycles. The summed E-state index contributed by atoms with van der Waals surface area (Å²) in [6, 6.07) is 7.43. The van der Waals surface area contributed by atoms with Crippen LogP contribution in [-0.4, -0.2) is 24.8 Å². The lowest BCUT2D eigenvalue weighted by Crippen LogP contribution is -2.41. The first kappa shape index (κ1) is 13.4. The molecule has 0 heterocycles. The number of carbonyl (C=O) groups is 2. The van der Waals surface area contributed by atoms with Crippen molar-refractivity contribution in [2.75, 3.05) is 7.11 Å². The van der Waals surface area contributed by atoms with E-state index in [4.69, 9.17) is 4.74 Å². The van der Waals surface area contributed by atoms with E-state index in [0.717, 1.165) is 17.4 Å². The summed E-state index contributed by atoms with van der Waals surface area (Å²) >= 11 is 0. The van der Waals surface area contributed by atoms with Crippen molar-refractivity contribution in [2.45, 2.75) is 18.9 Å². The number of benzene rings is 1. The minimum absolute atomic E-state index is 0.0632. The van der Waals surface area contributed by atoms with Crippen LogP contribution in [0.15, 0.2) is 42.0 Å². The first-order valence-corrected chi connectivity index (χ1v) is 6.12. The summed E-state index contributed by atoms with van der Waals surface area (Å²) < 4.78 is 5.47. The summed E-state index contributed by atoms with van der Waals surface area (Å²) in [4.78, 5) is 23.1. The Hall–Kier alpha value is -2.00. The molecule has 3 heteroatoms. The first-order chi connectivity index (χ1) is 9.13. The van der Waals surface area contributed by atoms with E-state index in [2.05, 4.69) is 0 Å². The lowest BCUT2D eigenvalue weighted by molar-refractivity contribution is -0.104. The van der Waals surface area contributed by atoms with Crippen LogP contribution < -0.4 is 0 Å². The van der Waals surface area contributed by atoms with Crippen LogP contribution in [0.25, 0.3) is 6.08 Å². The number of methoxy groups -OCH3 is 1. The molecule has 0 amide bonds. The van der Waals surface area contributed by atoms with E-state index in [9.17, 15) is 9.59 Å². The molecule has 1 unspecified atom stereocenters. The van der Waals surface area contributed by atoms with Crippen molar-refractivity contribution in [2.24, 2.45) is 0 Å². The highest BCUT2D eigenvalue weighted by atomic mass is 16.5. The number of ether oxygens (including phenoxy) is 1. The van der Waals surface area contributed by atoms with Gasteiger partial charge in [0.25, 0.3) is 0 Å². The van der Waals surface area contributed by atoms with Gasteiger partial charge in [-0.2, -0.15) is 0 Å². The SMILES string of the molecule is COC1(C/C(C)=C\C=O)C=Cc2ccccc2C1=O. The molecule has 1 aromatic rings. The molecule has 0 radical (unpaired) electrons. The van der Waals surface area contributed by atoms with Crippen molar-refractivity contribution in [3.63, 3.8) is 0 Å². The molecule has 1 atom stereocenters. The maximum Gasteiger partial charge on any atom is 0.199 e. The molecule has 0 spiro atoms. The number of hydrogen-bond donors (Lipinski definition) is 0. The Labute approximate surface area is 112 Å². The minimum Gasteiger partial charge on any atom is -0.366 e. The fourth-order valence-corrected chi connectivity index (χ4v) is 2.34. The van der Waals surface area contributed by atoms with Gasteiger partial charge in [-0.05, 0) is 24.6 Å². The second kappa shape index (κ2) is 5.33. The van der Waals surface area contributed by atoms with Gasteiger partial charge in [-0.3, -0.25) is 9.59 Å². The van der Waals surface area contributed by atoms with Gasteiger partial charge in [0, 0.05) is 19.1 Å². The quantitative estimate of drug-likeness (QED) is 0.614. The molecule has 0 N–H and O–H groups in total. The van der Waals surface area contributed by atoms with Gasteiger partial charge in [0.15, 0.2) is 11.4 Å². The van der Waals surface area contributed by atoms with Gasteiger partial charge in [-0.15, -0.1) is 0 Å². The highest BCUT2D eigenvalue weighted by Crippen LogP contribution is 2.33. The van der Waals surface area contributed by atoms with E-state index < -0.39 is 5.60 Å². The Balaban J connectivity index is 2.42. The number of carbonyl (C=O) groups excluding carboxylic acids is 2. The van der Waals surface area contributed by atoms with E-state index >= 15 is 0 Å². The van der Waals surface area contributed by atoms with E-state index in [1.165, 1.54) is 13.2 Å². The molecule has 0 saturated carbocycles. The fourth-order valence-electron chi connectivity index (χ4n) is 2.34. The van der Waals surface area contributed by atoms with Crippen LogP contribution >= 0.6 is 0 Å². The molecule has 0 aromatic heterocycles. The molecule has 0 fully saturated rings. The monoisotopic (exact) mass is 256 g/mol. The van der Waals surface area contributed by atoms with E-state index in [1.54, 1.807) is 12.1 Å². The van der Waals surface area contributed by atoms with Gasteiger partial charge in [0.05, 0.1) is 0 Å². The summed E-state index contributed by atoms with van der Waals surface area (Å²) in [7, 11) is 1.52. The molecular formula is C16H16O3. The third-order valence-electron chi connectivity index (χ3n) is 3.38. The molecule has 0 bridgehead atoms. The first-order valence-electron chi connectivity index (χ1n) is 6.12. The molecule has 2 rings (SSSR count). The summed E-state index contributed by atoms with van der Waals surface area (Å²) in [6.45, 7) is 1.82. The van der Waals surface area contributed by atoms with Crippen LogP contribution in [0.5, 0.6) is 0 Å². The van der Waals surface area contributed by atoms with Gasteiger partial charge in [0.1, 0.15) is 6.29 Å². The highest BCUT2D eigenvalue weighted by Gasteiger charge is 2.39. The number of hydrogen-bond acceptors (Lipinski definition) is 3. The summed E-state index contributed by atoms with van der Waals surface area (Å²) in [5.74, 6) is -0.0632. The molecule has 0 aliphatic heterocycles. The predicted octanol–water partition coefficient (Wildman–Crippen LogP) is 2.82. The Morgan fingerprint density at radius 1 is 1.37 bits per heavy atom. The molecular weight excluding hydrogens is 240 g/mol. The van der Waals surface area contributed by atoms with Crippen LogP contribution in [0.3, 0.4) is 0 Å². The summed E-state index contributed by atoms with van der Waals surface area (Å²) in [5.41, 5.74) is 1.37. The second-order valence-electron chi connectivity index (χ2n) is 4.67. The molecule has 19 heavy (non-hydrogen) atoms.